The summed E-state index contributed by atoms with van der Waals surface area (Å²) in [4.78, 5) is 13.5. The molecule has 0 unspecified atom stereocenters. The second kappa shape index (κ2) is 7.82. The Kier molecular flexibility index (Phi) is 5.01. The van der Waals surface area contributed by atoms with Gasteiger partial charge in [-0.15, -0.1) is 0 Å². The largest absolute Gasteiger partial charge is 0.372 e. The summed E-state index contributed by atoms with van der Waals surface area (Å²) in [5.74, 6) is 0.247. The van der Waals surface area contributed by atoms with Crippen LogP contribution in [0.4, 0.5) is 11.4 Å². The van der Waals surface area contributed by atoms with E-state index in [2.05, 4.69) is 22.8 Å². The molecule has 3 aromatic rings. The fourth-order valence-electron chi connectivity index (χ4n) is 4.46. The lowest BCUT2D eigenvalue weighted by Gasteiger charge is -2.30. The van der Waals surface area contributed by atoms with Gasteiger partial charge in [0.2, 0.25) is 0 Å². The summed E-state index contributed by atoms with van der Waals surface area (Å²) in [5.41, 5.74) is 5.41. The standard InChI is InChI=1S/C25H20Cl2N2O/c26-17-9-6-10-18(27)23(17)25-24-21(28-19-11-4-5-12-20(19)29-25)13-16(14-22(24)30)15-7-2-1-3-8-15/h1-12,16,25,28-29H,13-14H2/t16-,25-/m0/s1. The quantitative estimate of drug-likeness (QED) is 0.457. The summed E-state index contributed by atoms with van der Waals surface area (Å²) in [6.07, 6.45) is 1.21. The first-order chi connectivity index (χ1) is 14.6. The number of carbonyl (C=O) groups is 1. The maximum atomic E-state index is 13.5. The van der Waals surface area contributed by atoms with E-state index >= 15 is 0 Å². The molecule has 3 nitrogen and oxygen atoms in total. The number of hydrogen-bond acceptors (Lipinski definition) is 3. The number of nitrogens with one attached hydrogen (secondary N) is 2. The minimum Gasteiger partial charge on any atom is -0.372 e. The predicted octanol–water partition coefficient (Wildman–Crippen LogP) is 6.97. The first-order valence-electron chi connectivity index (χ1n) is 9.99. The van der Waals surface area contributed by atoms with Gasteiger partial charge in [0.1, 0.15) is 0 Å². The van der Waals surface area contributed by atoms with Crippen LogP contribution in [0.2, 0.25) is 10.0 Å². The van der Waals surface area contributed by atoms with Crippen LogP contribution in [0.25, 0.3) is 0 Å². The monoisotopic (exact) mass is 434 g/mol. The molecule has 1 heterocycles. The highest BCUT2D eigenvalue weighted by Crippen LogP contribution is 2.46. The lowest BCUT2D eigenvalue weighted by molar-refractivity contribution is -0.116. The number of benzene rings is 3. The van der Waals surface area contributed by atoms with Crippen LogP contribution in [0.15, 0.2) is 84.1 Å². The zero-order valence-electron chi connectivity index (χ0n) is 16.2. The zero-order chi connectivity index (χ0) is 20.7. The van der Waals surface area contributed by atoms with Crippen molar-refractivity contribution in [2.75, 3.05) is 10.6 Å². The van der Waals surface area contributed by atoms with Crippen molar-refractivity contribution in [3.05, 3.63) is 105 Å². The van der Waals surface area contributed by atoms with Crippen molar-refractivity contribution < 1.29 is 4.79 Å². The van der Waals surface area contributed by atoms with Crippen LogP contribution in [-0.2, 0) is 4.79 Å². The number of carbonyl (C=O) groups excluding carboxylic acids is 1. The van der Waals surface area contributed by atoms with Gasteiger partial charge in [-0.05, 0) is 42.2 Å². The van der Waals surface area contributed by atoms with E-state index in [4.69, 9.17) is 23.2 Å². The summed E-state index contributed by atoms with van der Waals surface area (Å²) in [6.45, 7) is 0. The Balaban J connectivity index is 1.66. The van der Waals surface area contributed by atoms with E-state index in [9.17, 15) is 4.79 Å². The Morgan fingerprint density at radius 3 is 2.17 bits per heavy atom. The lowest BCUT2D eigenvalue weighted by atomic mass is 9.78. The van der Waals surface area contributed by atoms with Gasteiger partial charge in [0.25, 0.3) is 0 Å². The van der Waals surface area contributed by atoms with Crippen LogP contribution in [0, 0.1) is 0 Å². The second-order valence-corrected chi connectivity index (χ2v) is 8.53. The van der Waals surface area contributed by atoms with E-state index in [0.717, 1.165) is 29.1 Å². The van der Waals surface area contributed by atoms with Gasteiger partial charge in [0, 0.05) is 33.3 Å². The third-order valence-corrected chi connectivity index (χ3v) is 6.53. The van der Waals surface area contributed by atoms with Gasteiger partial charge in [-0.2, -0.15) is 0 Å². The number of rotatable bonds is 2. The topological polar surface area (TPSA) is 41.1 Å². The van der Waals surface area contributed by atoms with E-state index in [0.29, 0.717) is 22.0 Å². The smallest absolute Gasteiger partial charge is 0.163 e. The predicted molar refractivity (Wildman–Crippen MR) is 123 cm³/mol. The molecule has 0 radical (unpaired) electrons. The normalized spacial score (nSPS) is 20.5. The number of anilines is 2. The van der Waals surface area contributed by atoms with E-state index in [1.54, 1.807) is 0 Å². The molecule has 2 atom stereocenters. The van der Waals surface area contributed by atoms with Crippen molar-refractivity contribution in [3.63, 3.8) is 0 Å². The van der Waals surface area contributed by atoms with Crippen LogP contribution in [0.3, 0.4) is 0 Å². The van der Waals surface area contributed by atoms with E-state index < -0.39 is 6.04 Å². The molecule has 0 spiro atoms. The molecular weight excluding hydrogens is 415 g/mol. The third kappa shape index (κ3) is 3.38. The molecule has 1 aliphatic heterocycles. The van der Waals surface area contributed by atoms with Crippen LogP contribution in [0.1, 0.15) is 35.9 Å². The first-order valence-corrected chi connectivity index (χ1v) is 10.7. The van der Waals surface area contributed by atoms with E-state index in [-0.39, 0.29) is 11.7 Å². The number of hydrogen-bond donors (Lipinski definition) is 2. The molecular formula is C25H20Cl2N2O. The SMILES string of the molecule is O=C1C[C@@H](c2ccccc2)CC2=C1[C@H](c1c(Cl)cccc1Cl)Nc1ccccc1N2. The summed E-state index contributed by atoms with van der Waals surface area (Å²) in [7, 11) is 0. The molecule has 3 aromatic carbocycles. The Hall–Kier alpha value is -2.75. The van der Waals surface area contributed by atoms with Crippen LogP contribution < -0.4 is 10.6 Å². The van der Waals surface area contributed by atoms with Crippen molar-refractivity contribution in [2.24, 2.45) is 0 Å². The molecule has 0 bridgehead atoms. The van der Waals surface area contributed by atoms with Gasteiger partial charge >= 0.3 is 0 Å². The molecule has 0 saturated carbocycles. The van der Waals surface area contributed by atoms with Crippen molar-refractivity contribution in [3.8, 4) is 0 Å². The maximum absolute atomic E-state index is 13.5. The van der Waals surface area contributed by atoms with Crippen molar-refractivity contribution in [1.29, 1.82) is 0 Å². The molecule has 150 valence electrons. The molecule has 0 amide bonds. The minimum atomic E-state index is -0.415. The van der Waals surface area contributed by atoms with Gasteiger partial charge < -0.3 is 10.6 Å². The summed E-state index contributed by atoms with van der Waals surface area (Å²) < 4.78 is 0. The summed E-state index contributed by atoms with van der Waals surface area (Å²) >= 11 is 13.1. The third-order valence-electron chi connectivity index (χ3n) is 5.87. The van der Waals surface area contributed by atoms with Crippen LogP contribution >= 0.6 is 23.2 Å². The molecule has 1 aliphatic carbocycles. The Morgan fingerprint density at radius 2 is 1.43 bits per heavy atom. The van der Waals surface area contributed by atoms with Gasteiger partial charge in [-0.25, -0.2) is 0 Å². The van der Waals surface area contributed by atoms with Crippen molar-refractivity contribution in [1.82, 2.24) is 0 Å². The fraction of sp³-hybridized carbons (Fsp3) is 0.160. The Bertz CT molecular complexity index is 1140. The average molecular weight is 435 g/mol. The Labute approximate surface area is 185 Å². The Morgan fingerprint density at radius 1 is 0.767 bits per heavy atom. The number of fused-ring (bicyclic) bond motifs is 1. The number of ketones is 1. The maximum Gasteiger partial charge on any atom is 0.163 e. The molecule has 0 saturated heterocycles. The number of Topliss-reactive ketones (excluding diaryl/α,β-unsaturated/α-hetero) is 1. The summed E-state index contributed by atoms with van der Waals surface area (Å²) in [5, 5.41) is 8.16. The van der Waals surface area contributed by atoms with Crippen molar-refractivity contribution >= 4 is 40.4 Å². The number of allylic oxidation sites excluding steroid dienone is 1. The zero-order valence-corrected chi connectivity index (χ0v) is 17.7. The second-order valence-electron chi connectivity index (χ2n) is 7.71. The van der Waals surface area contributed by atoms with E-state index in [1.807, 2.05) is 60.7 Å². The van der Waals surface area contributed by atoms with Gasteiger partial charge in [-0.3, -0.25) is 4.79 Å². The highest BCUT2D eigenvalue weighted by Gasteiger charge is 2.37. The molecule has 5 heteroatoms. The van der Waals surface area contributed by atoms with Gasteiger partial charge in [0.15, 0.2) is 5.78 Å². The molecule has 0 fully saturated rings. The molecule has 2 aliphatic rings. The molecule has 5 rings (SSSR count). The van der Waals surface area contributed by atoms with Gasteiger partial charge in [0.05, 0.1) is 17.4 Å². The fourth-order valence-corrected chi connectivity index (χ4v) is 5.07. The average Bonchev–Trinajstić information content (AvgIpc) is 2.91. The minimum absolute atomic E-state index is 0.110. The summed E-state index contributed by atoms with van der Waals surface area (Å²) in [6, 6.07) is 23.2. The highest BCUT2D eigenvalue weighted by atomic mass is 35.5. The van der Waals surface area contributed by atoms with Crippen LogP contribution in [-0.4, -0.2) is 5.78 Å². The highest BCUT2D eigenvalue weighted by molar-refractivity contribution is 6.36. The lowest BCUT2D eigenvalue weighted by Crippen LogP contribution is -2.27. The van der Waals surface area contributed by atoms with Crippen molar-refractivity contribution in [2.45, 2.75) is 24.8 Å². The molecule has 30 heavy (non-hydrogen) atoms. The van der Waals surface area contributed by atoms with Crippen LogP contribution in [0.5, 0.6) is 0 Å². The molecule has 0 aromatic heterocycles. The van der Waals surface area contributed by atoms with E-state index in [1.165, 1.54) is 5.56 Å². The van der Waals surface area contributed by atoms with Gasteiger partial charge in [-0.1, -0.05) is 71.7 Å². The molecule has 2 N–H and O–H groups in total. The first kappa shape index (κ1) is 19.2. The number of halogens is 2. The number of para-hydroxylation sites is 2.